The highest BCUT2D eigenvalue weighted by Crippen LogP contribution is 2.34. The summed E-state index contributed by atoms with van der Waals surface area (Å²) in [5.74, 6) is 1.65. The van der Waals surface area contributed by atoms with E-state index in [1.54, 1.807) is 0 Å². The van der Waals surface area contributed by atoms with Crippen molar-refractivity contribution in [2.75, 3.05) is 0 Å². The Labute approximate surface area is 142 Å². The zero-order valence-corrected chi connectivity index (χ0v) is 14.1. The summed E-state index contributed by atoms with van der Waals surface area (Å²) >= 11 is 0. The van der Waals surface area contributed by atoms with Crippen LogP contribution < -0.4 is 9.47 Å². The topological polar surface area (TPSA) is 58.9 Å². The molecule has 4 heteroatoms. The van der Waals surface area contributed by atoms with Gasteiger partial charge in [-0.1, -0.05) is 36.4 Å². The van der Waals surface area contributed by atoms with Crippen LogP contribution in [0.15, 0.2) is 48.5 Å². The van der Waals surface area contributed by atoms with Crippen molar-refractivity contribution >= 4 is 0 Å². The first-order valence-corrected chi connectivity index (χ1v) is 8.42. The van der Waals surface area contributed by atoms with E-state index in [0.29, 0.717) is 12.8 Å². The highest BCUT2D eigenvalue weighted by atomic mass is 16.5. The standard InChI is InChI=1S/2C10H12O2/c2*1-7-6-9(11)8-4-2-3-5-10(8)12-7/h2*2-5,7,9,11H,6H2,1H3/t2*7-,9+/m00/s1. The van der Waals surface area contributed by atoms with Crippen molar-refractivity contribution in [3.63, 3.8) is 0 Å². The molecule has 0 aliphatic carbocycles. The molecule has 4 atom stereocenters. The van der Waals surface area contributed by atoms with Gasteiger partial charge in [0.15, 0.2) is 0 Å². The van der Waals surface area contributed by atoms with E-state index < -0.39 is 0 Å². The van der Waals surface area contributed by atoms with E-state index in [2.05, 4.69) is 0 Å². The molecule has 0 unspecified atom stereocenters. The van der Waals surface area contributed by atoms with Crippen LogP contribution in [0.5, 0.6) is 11.5 Å². The largest absolute Gasteiger partial charge is 0.490 e. The maximum Gasteiger partial charge on any atom is 0.125 e. The molecule has 0 saturated carbocycles. The van der Waals surface area contributed by atoms with Gasteiger partial charge in [0.25, 0.3) is 0 Å². The number of aliphatic hydroxyl groups is 2. The van der Waals surface area contributed by atoms with Crippen molar-refractivity contribution in [2.24, 2.45) is 0 Å². The van der Waals surface area contributed by atoms with Crippen molar-refractivity contribution in [3.05, 3.63) is 59.7 Å². The van der Waals surface area contributed by atoms with Crippen LogP contribution in [-0.4, -0.2) is 22.4 Å². The van der Waals surface area contributed by atoms with Crippen LogP contribution in [0.4, 0.5) is 0 Å². The maximum atomic E-state index is 9.65. The molecule has 128 valence electrons. The summed E-state index contributed by atoms with van der Waals surface area (Å²) in [6, 6.07) is 15.3. The predicted molar refractivity (Wildman–Crippen MR) is 92.2 cm³/mol. The van der Waals surface area contributed by atoms with Gasteiger partial charge < -0.3 is 19.7 Å². The molecule has 4 nitrogen and oxygen atoms in total. The monoisotopic (exact) mass is 328 g/mol. The minimum atomic E-state index is -0.357. The van der Waals surface area contributed by atoms with Crippen molar-refractivity contribution < 1.29 is 19.7 Å². The van der Waals surface area contributed by atoms with Crippen molar-refractivity contribution in [3.8, 4) is 11.5 Å². The quantitative estimate of drug-likeness (QED) is 0.772. The van der Waals surface area contributed by atoms with Crippen LogP contribution in [0, 0.1) is 0 Å². The average molecular weight is 328 g/mol. The molecule has 2 aliphatic heterocycles. The van der Waals surface area contributed by atoms with Gasteiger partial charge >= 0.3 is 0 Å². The van der Waals surface area contributed by atoms with Crippen molar-refractivity contribution in [2.45, 2.75) is 51.1 Å². The normalized spacial score (nSPS) is 27.5. The highest BCUT2D eigenvalue weighted by molar-refractivity contribution is 5.37. The summed E-state index contributed by atoms with van der Waals surface area (Å²) in [5.41, 5.74) is 1.83. The van der Waals surface area contributed by atoms with Crippen LogP contribution in [-0.2, 0) is 0 Å². The smallest absolute Gasteiger partial charge is 0.125 e. The van der Waals surface area contributed by atoms with Crippen molar-refractivity contribution in [1.82, 2.24) is 0 Å². The van der Waals surface area contributed by atoms with Gasteiger partial charge in [-0.25, -0.2) is 0 Å². The minimum Gasteiger partial charge on any atom is -0.490 e. The molecule has 0 fully saturated rings. The number of hydrogen-bond donors (Lipinski definition) is 2. The minimum absolute atomic E-state index is 0.120. The zero-order chi connectivity index (χ0) is 17.1. The summed E-state index contributed by atoms with van der Waals surface area (Å²) in [7, 11) is 0. The molecule has 2 aromatic carbocycles. The van der Waals surface area contributed by atoms with Gasteiger partial charge in [0.05, 0.1) is 24.4 Å². The molecule has 2 N–H and O–H groups in total. The van der Waals surface area contributed by atoms with E-state index in [0.717, 1.165) is 22.6 Å². The fraction of sp³-hybridized carbons (Fsp3) is 0.400. The third-order valence-corrected chi connectivity index (χ3v) is 4.32. The van der Waals surface area contributed by atoms with Crippen LogP contribution in [0.25, 0.3) is 0 Å². The lowest BCUT2D eigenvalue weighted by atomic mass is 10.0. The Balaban J connectivity index is 0.000000141. The van der Waals surface area contributed by atoms with Crippen LogP contribution in [0.2, 0.25) is 0 Å². The molecule has 0 spiro atoms. The number of fused-ring (bicyclic) bond motifs is 2. The summed E-state index contributed by atoms with van der Waals surface area (Å²) in [5, 5.41) is 19.3. The number of benzene rings is 2. The third kappa shape index (κ3) is 3.71. The van der Waals surface area contributed by atoms with E-state index in [4.69, 9.17) is 9.47 Å². The molecule has 0 bridgehead atoms. The summed E-state index contributed by atoms with van der Waals surface area (Å²) < 4.78 is 11.1. The first kappa shape index (κ1) is 16.8. The number of para-hydroxylation sites is 2. The van der Waals surface area contributed by atoms with Gasteiger partial charge in [0.1, 0.15) is 11.5 Å². The fourth-order valence-corrected chi connectivity index (χ4v) is 3.14. The van der Waals surface area contributed by atoms with E-state index in [1.807, 2.05) is 62.4 Å². The van der Waals surface area contributed by atoms with Gasteiger partial charge in [-0.15, -0.1) is 0 Å². The van der Waals surface area contributed by atoms with Crippen molar-refractivity contribution in [1.29, 1.82) is 0 Å². The van der Waals surface area contributed by atoms with Gasteiger partial charge in [-0.2, -0.15) is 0 Å². The molecule has 2 heterocycles. The number of aliphatic hydroxyl groups excluding tert-OH is 2. The lowest BCUT2D eigenvalue weighted by molar-refractivity contribution is 0.0744. The Bertz CT molecular complexity index is 625. The number of ether oxygens (including phenoxy) is 2. The second kappa shape index (κ2) is 7.24. The first-order valence-electron chi connectivity index (χ1n) is 8.42. The van der Waals surface area contributed by atoms with Gasteiger partial charge in [0, 0.05) is 24.0 Å². The van der Waals surface area contributed by atoms with Gasteiger partial charge in [-0.3, -0.25) is 0 Å². The van der Waals surface area contributed by atoms with Crippen LogP contribution >= 0.6 is 0 Å². The summed E-state index contributed by atoms with van der Waals surface area (Å²) in [6.45, 7) is 3.94. The van der Waals surface area contributed by atoms with Crippen LogP contribution in [0.3, 0.4) is 0 Å². The SMILES string of the molecule is C[C@H]1C[C@@H](O)c2ccccc2O1.C[C@H]1C[C@@H](O)c2ccccc2O1. The fourth-order valence-electron chi connectivity index (χ4n) is 3.14. The molecule has 2 aromatic rings. The first-order chi connectivity index (χ1) is 11.5. The Morgan fingerprint density at radius 1 is 0.708 bits per heavy atom. The predicted octanol–water partition coefficient (Wildman–Crippen LogP) is 3.78. The molecule has 4 rings (SSSR count). The van der Waals surface area contributed by atoms with E-state index in [1.165, 1.54) is 0 Å². The molecular formula is C20H24O4. The van der Waals surface area contributed by atoms with E-state index in [-0.39, 0.29) is 24.4 Å². The molecule has 24 heavy (non-hydrogen) atoms. The van der Waals surface area contributed by atoms with E-state index in [9.17, 15) is 10.2 Å². The molecule has 2 aliphatic rings. The Morgan fingerprint density at radius 3 is 1.50 bits per heavy atom. The zero-order valence-electron chi connectivity index (χ0n) is 14.1. The van der Waals surface area contributed by atoms with Gasteiger partial charge in [0.2, 0.25) is 0 Å². The molecule has 0 amide bonds. The molecule has 0 radical (unpaired) electrons. The lowest BCUT2D eigenvalue weighted by Crippen LogP contribution is -2.22. The van der Waals surface area contributed by atoms with Crippen LogP contribution in [0.1, 0.15) is 50.0 Å². The second-order valence-electron chi connectivity index (χ2n) is 6.44. The lowest BCUT2D eigenvalue weighted by Gasteiger charge is -2.26. The Kier molecular flexibility index (Phi) is 5.07. The molecule has 0 aromatic heterocycles. The van der Waals surface area contributed by atoms with E-state index >= 15 is 0 Å². The van der Waals surface area contributed by atoms with Gasteiger partial charge in [-0.05, 0) is 26.0 Å². The molecule has 0 saturated heterocycles. The Hall–Kier alpha value is -2.04. The maximum absolute atomic E-state index is 9.65. The third-order valence-electron chi connectivity index (χ3n) is 4.32. The summed E-state index contributed by atoms with van der Waals surface area (Å²) in [4.78, 5) is 0. The highest BCUT2D eigenvalue weighted by Gasteiger charge is 2.23. The summed E-state index contributed by atoms with van der Waals surface area (Å²) in [6.07, 6.45) is 0.910. The Morgan fingerprint density at radius 2 is 1.08 bits per heavy atom. The number of rotatable bonds is 0. The number of hydrogen-bond acceptors (Lipinski definition) is 4. The second-order valence-corrected chi connectivity index (χ2v) is 6.44. The molecular weight excluding hydrogens is 304 g/mol. The average Bonchev–Trinajstić information content (AvgIpc) is 2.55.